The van der Waals surface area contributed by atoms with E-state index in [1.54, 1.807) is 19.1 Å². The number of amides is 1. The first-order chi connectivity index (χ1) is 13.0. The Bertz CT molecular complexity index is 1010. The van der Waals surface area contributed by atoms with E-state index in [1.807, 2.05) is 43.3 Å². The molecule has 1 aliphatic carbocycles. The van der Waals surface area contributed by atoms with Crippen LogP contribution < -0.4 is 4.74 Å². The Morgan fingerprint density at radius 3 is 2.78 bits per heavy atom. The average molecular weight is 364 g/mol. The highest BCUT2D eigenvalue weighted by atomic mass is 16.5. The Hall–Kier alpha value is -2.82. The summed E-state index contributed by atoms with van der Waals surface area (Å²) in [5.74, 6) is 3.79. The largest absolute Gasteiger partial charge is 0.497 e. The number of fused-ring (bicyclic) bond motifs is 1. The molecule has 5 nitrogen and oxygen atoms in total. The fourth-order valence-electron chi connectivity index (χ4n) is 3.50. The predicted molar refractivity (Wildman–Crippen MR) is 104 cm³/mol. The van der Waals surface area contributed by atoms with Crippen LogP contribution in [0.2, 0.25) is 0 Å². The molecule has 0 spiro atoms. The summed E-state index contributed by atoms with van der Waals surface area (Å²) >= 11 is 0. The summed E-state index contributed by atoms with van der Waals surface area (Å²) in [6.07, 6.45) is 1.19. The van der Waals surface area contributed by atoms with Crippen LogP contribution in [0.4, 0.5) is 0 Å². The monoisotopic (exact) mass is 364 g/mol. The Morgan fingerprint density at radius 1 is 1.30 bits per heavy atom. The Labute approximate surface area is 158 Å². The molecule has 1 aliphatic rings. The van der Waals surface area contributed by atoms with Crippen molar-refractivity contribution in [1.29, 1.82) is 0 Å². The molecule has 5 heteroatoms. The molecule has 3 aromatic rings. The van der Waals surface area contributed by atoms with Crippen LogP contribution in [0.25, 0.3) is 10.9 Å². The fraction of sp³-hybridized carbons (Fsp3) is 0.364. The van der Waals surface area contributed by atoms with Gasteiger partial charge in [-0.15, -0.1) is 0 Å². The van der Waals surface area contributed by atoms with Gasteiger partial charge in [-0.25, -0.2) is 0 Å². The second kappa shape index (κ2) is 6.72. The summed E-state index contributed by atoms with van der Waals surface area (Å²) < 4.78 is 11.2. The number of pyridine rings is 1. The number of ether oxygens (including phenoxy) is 1. The van der Waals surface area contributed by atoms with E-state index in [-0.39, 0.29) is 5.91 Å². The van der Waals surface area contributed by atoms with Crippen LogP contribution in [0.3, 0.4) is 0 Å². The SMILES string of the molecule is COc1ccc2cc(C(=O)N(C)Cc3ccc(C4CC4C)o3)c(C)nc2c1. The van der Waals surface area contributed by atoms with E-state index in [1.165, 1.54) is 6.42 Å². The van der Waals surface area contributed by atoms with Crippen LogP contribution >= 0.6 is 0 Å². The first-order valence-corrected chi connectivity index (χ1v) is 9.25. The van der Waals surface area contributed by atoms with Crippen molar-refractivity contribution in [2.24, 2.45) is 5.92 Å². The molecule has 2 atom stereocenters. The van der Waals surface area contributed by atoms with Crippen molar-refractivity contribution in [3.05, 3.63) is 59.2 Å². The molecule has 0 bridgehead atoms. The molecule has 27 heavy (non-hydrogen) atoms. The van der Waals surface area contributed by atoms with Gasteiger partial charge in [-0.05, 0) is 49.6 Å². The van der Waals surface area contributed by atoms with Gasteiger partial charge in [-0.2, -0.15) is 0 Å². The molecule has 0 saturated heterocycles. The van der Waals surface area contributed by atoms with Crippen molar-refractivity contribution < 1.29 is 13.9 Å². The number of nitrogens with zero attached hydrogens (tertiary/aromatic N) is 2. The van der Waals surface area contributed by atoms with Crippen LogP contribution in [0.1, 0.15) is 46.8 Å². The smallest absolute Gasteiger partial charge is 0.255 e. The van der Waals surface area contributed by atoms with Crippen molar-refractivity contribution in [1.82, 2.24) is 9.88 Å². The highest BCUT2D eigenvalue weighted by Crippen LogP contribution is 2.47. The van der Waals surface area contributed by atoms with Crippen molar-refractivity contribution >= 4 is 16.8 Å². The van der Waals surface area contributed by atoms with E-state index in [0.29, 0.717) is 29.6 Å². The fourth-order valence-corrected chi connectivity index (χ4v) is 3.50. The standard InChI is InChI=1S/C22H24N2O3/c1-13-9-18(13)21-8-7-17(27-21)12-24(3)22(25)19-10-15-5-6-16(26-4)11-20(15)23-14(19)2/h5-8,10-11,13,18H,9,12H2,1-4H3. The van der Waals surface area contributed by atoms with Crippen molar-refractivity contribution in [2.45, 2.75) is 32.7 Å². The van der Waals surface area contributed by atoms with Gasteiger partial charge in [0.15, 0.2) is 0 Å². The van der Waals surface area contributed by atoms with Crippen LogP contribution in [-0.2, 0) is 6.54 Å². The minimum atomic E-state index is -0.0598. The summed E-state index contributed by atoms with van der Waals surface area (Å²) in [7, 11) is 3.42. The zero-order valence-electron chi connectivity index (χ0n) is 16.2. The molecule has 2 aromatic heterocycles. The maximum atomic E-state index is 13.0. The lowest BCUT2D eigenvalue weighted by atomic mass is 10.1. The lowest BCUT2D eigenvalue weighted by Gasteiger charge is -2.17. The summed E-state index contributed by atoms with van der Waals surface area (Å²) in [4.78, 5) is 19.2. The van der Waals surface area contributed by atoms with Gasteiger partial charge in [0.1, 0.15) is 17.3 Å². The van der Waals surface area contributed by atoms with E-state index < -0.39 is 0 Å². The maximum absolute atomic E-state index is 13.0. The summed E-state index contributed by atoms with van der Waals surface area (Å²) in [5.41, 5.74) is 2.14. The van der Waals surface area contributed by atoms with Crippen molar-refractivity contribution in [3.8, 4) is 5.75 Å². The molecule has 0 radical (unpaired) electrons. The Balaban J connectivity index is 1.54. The highest BCUT2D eigenvalue weighted by molar-refractivity contribution is 5.98. The zero-order chi connectivity index (χ0) is 19.1. The number of aryl methyl sites for hydroxylation is 1. The Morgan fingerprint density at radius 2 is 2.07 bits per heavy atom. The first kappa shape index (κ1) is 17.6. The first-order valence-electron chi connectivity index (χ1n) is 9.25. The second-order valence-corrected chi connectivity index (χ2v) is 7.46. The lowest BCUT2D eigenvalue weighted by molar-refractivity contribution is 0.0774. The van der Waals surface area contributed by atoms with Gasteiger partial charge in [0.25, 0.3) is 5.91 Å². The van der Waals surface area contributed by atoms with Gasteiger partial charge < -0.3 is 14.1 Å². The third-order valence-electron chi connectivity index (χ3n) is 5.34. The summed E-state index contributed by atoms with van der Waals surface area (Å²) in [6, 6.07) is 11.6. The van der Waals surface area contributed by atoms with Crippen LogP contribution in [0, 0.1) is 12.8 Å². The van der Waals surface area contributed by atoms with Gasteiger partial charge in [0, 0.05) is 24.4 Å². The average Bonchev–Trinajstić information content (AvgIpc) is 3.21. The third kappa shape index (κ3) is 3.42. The molecular weight excluding hydrogens is 340 g/mol. The topological polar surface area (TPSA) is 55.6 Å². The van der Waals surface area contributed by atoms with Crippen LogP contribution in [-0.4, -0.2) is 29.9 Å². The van der Waals surface area contributed by atoms with Crippen molar-refractivity contribution in [2.75, 3.05) is 14.2 Å². The van der Waals surface area contributed by atoms with E-state index >= 15 is 0 Å². The van der Waals surface area contributed by atoms with Gasteiger partial charge in [-0.3, -0.25) is 9.78 Å². The van der Waals surface area contributed by atoms with E-state index in [2.05, 4.69) is 11.9 Å². The number of hydrogen-bond donors (Lipinski definition) is 0. The minimum absolute atomic E-state index is 0.0598. The molecule has 2 unspecified atom stereocenters. The Kier molecular flexibility index (Phi) is 4.38. The molecule has 1 amide bonds. The normalized spacial score (nSPS) is 18.5. The highest BCUT2D eigenvalue weighted by Gasteiger charge is 2.36. The molecule has 2 heterocycles. The number of furan rings is 1. The van der Waals surface area contributed by atoms with Gasteiger partial charge in [0.2, 0.25) is 0 Å². The molecule has 1 fully saturated rings. The van der Waals surface area contributed by atoms with Gasteiger partial charge >= 0.3 is 0 Å². The number of carbonyl (C=O) groups is 1. The number of aromatic nitrogens is 1. The number of carbonyl (C=O) groups excluding carboxylic acids is 1. The summed E-state index contributed by atoms with van der Waals surface area (Å²) in [5, 5.41) is 0.918. The number of benzene rings is 1. The third-order valence-corrected chi connectivity index (χ3v) is 5.34. The molecule has 0 aliphatic heterocycles. The van der Waals surface area contributed by atoms with Gasteiger partial charge in [-0.1, -0.05) is 6.92 Å². The number of hydrogen-bond acceptors (Lipinski definition) is 4. The maximum Gasteiger partial charge on any atom is 0.255 e. The van der Waals surface area contributed by atoms with E-state index in [4.69, 9.17) is 9.15 Å². The summed E-state index contributed by atoms with van der Waals surface area (Å²) in [6.45, 7) is 4.53. The lowest BCUT2D eigenvalue weighted by Crippen LogP contribution is -2.27. The molecule has 1 saturated carbocycles. The number of rotatable bonds is 5. The van der Waals surface area contributed by atoms with Gasteiger partial charge in [0.05, 0.1) is 30.4 Å². The molecule has 4 rings (SSSR count). The van der Waals surface area contributed by atoms with Crippen LogP contribution in [0.5, 0.6) is 5.75 Å². The van der Waals surface area contributed by atoms with E-state index in [0.717, 1.165) is 28.2 Å². The van der Waals surface area contributed by atoms with Crippen molar-refractivity contribution in [3.63, 3.8) is 0 Å². The number of methoxy groups -OCH3 is 1. The zero-order valence-corrected chi connectivity index (χ0v) is 16.2. The molecule has 140 valence electrons. The molecule has 0 N–H and O–H groups in total. The van der Waals surface area contributed by atoms with Crippen LogP contribution in [0.15, 0.2) is 40.8 Å². The molecule has 1 aromatic carbocycles. The molecular formula is C22H24N2O3. The second-order valence-electron chi connectivity index (χ2n) is 7.46. The quantitative estimate of drug-likeness (QED) is 0.667. The van der Waals surface area contributed by atoms with E-state index in [9.17, 15) is 4.79 Å². The predicted octanol–water partition coefficient (Wildman–Crippen LogP) is 4.54. The minimum Gasteiger partial charge on any atom is -0.497 e.